The Hall–Kier alpha value is -0.870. The molecule has 1 saturated heterocycles. The number of halogens is 1. The molecule has 0 radical (unpaired) electrons. The average molecular weight is 228 g/mol. The number of ether oxygens (including phenoxy) is 1. The summed E-state index contributed by atoms with van der Waals surface area (Å²) < 4.78 is 5.55. The zero-order valence-electron chi connectivity index (χ0n) is 8.69. The Kier molecular flexibility index (Phi) is 3.38. The molecule has 4 nitrogen and oxygen atoms in total. The van der Waals surface area contributed by atoms with Crippen LogP contribution >= 0.6 is 11.6 Å². The summed E-state index contributed by atoms with van der Waals surface area (Å²) in [7, 11) is 1.99. The van der Waals surface area contributed by atoms with Gasteiger partial charge in [-0.15, -0.1) is 10.2 Å². The zero-order chi connectivity index (χ0) is 10.7. The SMILES string of the molecule is CN(CC1CCCO1)c1ccc(Cl)nn1. The van der Waals surface area contributed by atoms with Crippen molar-refractivity contribution in [2.75, 3.05) is 25.1 Å². The van der Waals surface area contributed by atoms with Crippen molar-refractivity contribution in [2.24, 2.45) is 0 Å². The van der Waals surface area contributed by atoms with Crippen LogP contribution in [0, 0.1) is 0 Å². The fourth-order valence-corrected chi connectivity index (χ4v) is 1.80. The van der Waals surface area contributed by atoms with Gasteiger partial charge in [-0.2, -0.15) is 0 Å². The normalized spacial score (nSPS) is 20.5. The molecule has 1 atom stereocenters. The number of nitrogens with zero attached hydrogens (tertiary/aromatic N) is 3. The van der Waals surface area contributed by atoms with E-state index in [9.17, 15) is 0 Å². The van der Waals surface area contributed by atoms with Crippen LogP contribution in [0.2, 0.25) is 5.15 Å². The van der Waals surface area contributed by atoms with Gasteiger partial charge in [0, 0.05) is 20.2 Å². The molecule has 0 spiro atoms. The minimum Gasteiger partial charge on any atom is -0.376 e. The molecule has 15 heavy (non-hydrogen) atoms. The third-order valence-corrected chi connectivity index (χ3v) is 2.71. The van der Waals surface area contributed by atoms with E-state index in [4.69, 9.17) is 16.3 Å². The molecule has 82 valence electrons. The van der Waals surface area contributed by atoms with E-state index in [1.807, 2.05) is 18.0 Å². The predicted octanol–water partition coefficient (Wildman–Crippen LogP) is 1.75. The van der Waals surface area contributed by atoms with Crippen LogP contribution in [0.4, 0.5) is 5.82 Å². The van der Waals surface area contributed by atoms with E-state index >= 15 is 0 Å². The Bertz CT molecular complexity index is 311. The van der Waals surface area contributed by atoms with Crippen LogP contribution in [0.1, 0.15) is 12.8 Å². The maximum absolute atomic E-state index is 5.67. The molecule has 1 aliphatic rings. The lowest BCUT2D eigenvalue weighted by molar-refractivity contribution is 0.116. The second kappa shape index (κ2) is 4.77. The summed E-state index contributed by atoms with van der Waals surface area (Å²) in [5.41, 5.74) is 0. The first-order valence-electron chi connectivity index (χ1n) is 5.07. The first-order valence-corrected chi connectivity index (χ1v) is 5.45. The van der Waals surface area contributed by atoms with Gasteiger partial charge in [0.15, 0.2) is 11.0 Å². The highest BCUT2D eigenvalue weighted by Crippen LogP contribution is 2.16. The van der Waals surface area contributed by atoms with E-state index in [0.29, 0.717) is 11.3 Å². The number of rotatable bonds is 3. The van der Waals surface area contributed by atoms with E-state index < -0.39 is 0 Å². The highest BCUT2D eigenvalue weighted by atomic mass is 35.5. The second-order valence-corrected chi connectivity index (χ2v) is 4.12. The Morgan fingerprint density at radius 2 is 2.40 bits per heavy atom. The number of anilines is 1. The van der Waals surface area contributed by atoms with Crippen molar-refractivity contribution in [2.45, 2.75) is 18.9 Å². The maximum atomic E-state index is 5.67. The molecular formula is C10H14ClN3O. The van der Waals surface area contributed by atoms with Gasteiger partial charge in [0.25, 0.3) is 0 Å². The summed E-state index contributed by atoms with van der Waals surface area (Å²) >= 11 is 5.67. The highest BCUT2D eigenvalue weighted by Gasteiger charge is 2.18. The van der Waals surface area contributed by atoms with Gasteiger partial charge in [0.1, 0.15) is 0 Å². The summed E-state index contributed by atoms with van der Waals surface area (Å²) in [6, 6.07) is 3.61. The molecule has 0 aliphatic carbocycles. The molecule has 0 N–H and O–H groups in total. The van der Waals surface area contributed by atoms with Gasteiger partial charge in [0.05, 0.1) is 6.10 Å². The molecule has 2 heterocycles. The topological polar surface area (TPSA) is 38.2 Å². The van der Waals surface area contributed by atoms with Gasteiger partial charge in [-0.1, -0.05) is 11.6 Å². The van der Waals surface area contributed by atoms with E-state index in [1.165, 1.54) is 0 Å². The van der Waals surface area contributed by atoms with Crippen molar-refractivity contribution in [3.63, 3.8) is 0 Å². The van der Waals surface area contributed by atoms with Crippen LogP contribution in [0.5, 0.6) is 0 Å². The van der Waals surface area contributed by atoms with Crippen LogP contribution in [-0.2, 0) is 4.74 Å². The molecule has 1 aliphatic heterocycles. The standard InChI is InChI=1S/C10H14ClN3O/c1-14(7-8-3-2-6-15-8)10-5-4-9(11)12-13-10/h4-5,8H,2-3,6-7H2,1H3. The van der Waals surface area contributed by atoms with Crippen LogP contribution < -0.4 is 4.90 Å². The minimum absolute atomic E-state index is 0.326. The molecule has 2 rings (SSSR count). The van der Waals surface area contributed by atoms with Gasteiger partial charge < -0.3 is 9.64 Å². The quantitative estimate of drug-likeness (QED) is 0.789. The summed E-state index contributed by atoms with van der Waals surface area (Å²) in [6.45, 7) is 1.74. The molecule has 0 aromatic carbocycles. The molecule has 0 bridgehead atoms. The lowest BCUT2D eigenvalue weighted by Gasteiger charge is -2.20. The van der Waals surface area contributed by atoms with Crippen molar-refractivity contribution >= 4 is 17.4 Å². The molecule has 1 unspecified atom stereocenters. The van der Waals surface area contributed by atoms with Crippen molar-refractivity contribution in [3.05, 3.63) is 17.3 Å². The number of hydrogen-bond donors (Lipinski definition) is 0. The molecule has 0 saturated carbocycles. The third-order valence-electron chi connectivity index (χ3n) is 2.51. The first-order chi connectivity index (χ1) is 7.25. The fraction of sp³-hybridized carbons (Fsp3) is 0.600. The van der Waals surface area contributed by atoms with Crippen molar-refractivity contribution in [1.82, 2.24) is 10.2 Å². The fourth-order valence-electron chi connectivity index (χ4n) is 1.70. The van der Waals surface area contributed by atoms with Crippen LogP contribution in [0.25, 0.3) is 0 Å². The van der Waals surface area contributed by atoms with Crippen molar-refractivity contribution in [3.8, 4) is 0 Å². The van der Waals surface area contributed by atoms with Crippen molar-refractivity contribution < 1.29 is 4.74 Å². The number of likely N-dealkylation sites (N-methyl/N-ethyl adjacent to an activating group) is 1. The largest absolute Gasteiger partial charge is 0.376 e. The summed E-state index contributed by atoms with van der Waals surface area (Å²) in [6.07, 6.45) is 2.61. The first kappa shape index (κ1) is 10.6. The predicted molar refractivity (Wildman–Crippen MR) is 59.3 cm³/mol. The Morgan fingerprint density at radius 1 is 1.53 bits per heavy atom. The second-order valence-electron chi connectivity index (χ2n) is 3.73. The molecular weight excluding hydrogens is 214 g/mol. The average Bonchev–Trinajstić information content (AvgIpc) is 2.71. The van der Waals surface area contributed by atoms with Crippen LogP contribution in [-0.4, -0.2) is 36.5 Å². The van der Waals surface area contributed by atoms with Gasteiger partial charge in [-0.05, 0) is 25.0 Å². The van der Waals surface area contributed by atoms with Crippen molar-refractivity contribution in [1.29, 1.82) is 0 Å². The molecule has 5 heteroatoms. The summed E-state index contributed by atoms with van der Waals surface area (Å²) in [4.78, 5) is 2.04. The molecule has 1 aromatic heterocycles. The molecule has 0 amide bonds. The van der Waals surface area contributed by atoms with E-state index in [-0.39, 0.29) is 0 Å². The number of hydrogen-bond acceptors (Lipinski definition) is 4. The van der Waals surface area contributed by atoms with Gasteiger partial charge in [0.2, 0.25) is 0 Å². The van der Waals surface area contributed by atoms with E-state index in [0.717, 1.165) is 31.8 Å². The Balaban J connectivity index is 1.94. The third kappa shape index (κ3) is 2.79. The monoisotopic (exact) mass is 227 g/mol. The minimum atomic E-state index is 0.326. The van der Waals surface area contributed by atoms with Crippen LogP contribution in [0.3, 0.4) is 0 Å². The Morgan fingerprint density at radius 3 is 3.00 bits per heavy atom. The van der Waals surface area contributed by atoms with Gasteiger partial charge >= 0.3 is 0 Å². The zero-order valence-corrected chi connectivity index (χ0v) is 9.44. The van der Waals surface area contributed by atoms with Gasteiger partial charge in [-0.25, -0.2) is 0 Å². The smallest absolute Gasteiger partial charge is 0.151 e. The lowest BCUT2D eigenvalue weighted by Crippen LogP contribution is -2.29. The van der Waals surface area contributed by atoms with E-state index in [2.05, 4.69) is 10.2 Å². The Labute approximate surface area is 94.2 Å². The lowest BCUT2D eigenvalue weighted by atomic mass is 10.2. The maximum Gasteiger partial charge on any atom is 0.151 e. The summed E-state index contributed by atoms with van der Waals surface area (Å²) in [5, 5.41) is 8.24. The van der Waals surface area contributed by atoms with Crippen LogP contribution in [0.15, 0.2) is 12.1 Å². The molecule has 1 fully saturated rings. The summed E-state index contributed by atoms with van der Waals surface area (Å²) in [5.74, 6) is 0.829. The number of aromatic nitrogens is 2. The highest BCUT2D eigenvalue weighted by molar-refractivity contribution is 6.29. The van der Waals surface area contributed by atoms with Gasteiger partial charge in [-0.3, -0.25) is 0 Å². The van der Waals surface area contributed by atoms with E-state index in [1.54, 1.807) is 6.07 Å². The molecule has 1 aromatic rings.